The highest BCUT2D eigenvalue weighted by Crippen LogP contribution is 2.53. The monoisotopic (exact) mass is 331 g/mol. The lowest BCUT2D eigenvalue weighted by atomic mass is 9.87. The molecule has 1 aliphatic heterocycles. The fraction of sp³-hybridized carbons (Fsp3) is 0.529. The summed E-state index contributed by atoms with van der Waals surface area (Å²) in [6, 6.07) is 6.51. The molecule has 0 unspecified atom stereocenters. The molecule has 1 aliphatic carbocycles. The third-order valence-electron chi connectivity index (χ3n) is 4.74. The van der Waals surface area contributed by atoms with E-state index in [1.165, 1.54) is 24.0 Å². The molecule has 0 N–H and O–H groups in total. The van der Waals surface area contributed by atoms with Gasteiger partial charge in [0.05, 0.1) is 20.3 Å². The number of nitrogens with zero attached hydrogens (tertiary/aromatic N) is 3. The number of methoxy groups -OCH3 is 1. The quantitative estimate of drug-likeness (QED) is 0.843. The molecule has 5 nitrogen and oxygen atoms in total. The molecule has 2 aromatic rings. The molecule has 0 radical (unpaired) electrons. The van der Waals surface area contributed by atoms with Crippen molar-refractivity contribution in [1.82, 2.24) is 15.1 Å². The molecule has 1 aromatic heterocycles. The van der Waals surface area contributed by atoms with Crippen molar-refractivity contribution in [3.63, 3.8) is 0 Å². The Labute approximate surface area is 140 Å². The minimum Gasteiger partial charge on any atom is -0.497 e. The Balaban J connectivity index is 1.53. The highest BCUT2D eigenvalue weighted by Gasteiger charge is 2.49. The molecule has 1 aromatic carbocycles. The van der Waals surface area contributed by atoms with Crippen molar-refractivity contribution >= 4 is 11.3 Å². The van der Waals surface area contributed by atoms with Gasteiger partial charge in [-0.15, -0.1) is 10.2 Å². The Kier molecular flexibility index (Phi) is 3.73. The summed E-state index contributed by atoms with van der Waals surface area (Å²) in [6.45, 7) is 5.50. The maximum Gasteiger partial charge on any atom is 0.294 e. The molecule has 4 rings (SSSR count). The van der Waals surface area contributed by atoms with Gasteiger partial charge in [-0.3, -0.25) is 4.90 Å². The highest BCUT2D eigenvalue weighted by molar-refractivity contribution is 7.13. The third-order valence-corrected chi connectivity index (χ3v) is 5.56. The largest absolute Gasteiger partial charge is 0.497 e. The molecule has 2 heterocycles. The third kappa shape index (κ3) is 2.81. The van der Waals surface area contributed by atoms with E-state index < -0.39 is 0 Å². The summed E-state index contributed by atoms with van der Waals surface area (Å²) in [7, 11) is 1.74. The SMILES string of the molecule is CCOc1nnc(CN2Cc3ccc(OC)cc3C3(CC3)C2)s1. The molecule has 23 heavy (non-hydrogen) atoms. The maximum absolute atomic E-state index is 5.42. The molecule has 2 aliphatic rings. The first-order valence-electron chi connectivity index (χ1n) is 8.07. The van der Waals surface area contributed by atoms with Gasteiger partial charge in [0.2, 0.25) is 0 Å². The smallest absolute Gasteiger partial charge is 0.294 e. The number of hydrogen-bond acceptors (Lipinski definition) is 6. The van der Waals surface area contributed by atoms with Crippen LogP contribution in [0.1, 0.15) is 35.9 Å². The molecule has 0 atom stereocenters. The second-order valence-electron chi connectivity index (χ2n) is 6.34. The lowest BCUT2D eigenvalue weighted by molar-refractivity contribution is 0.212. The van der Waals surface area contributed by atoms with E-state index in [9.17, 15) is 0 Å². The molecular weight excluding hydrogens is 310 g/mol. The van der Waals surface area contributed by atoms with Crippen LogP contribution in [0.5, 0.6) is 10.9 Å². The van der Waals surface area contributed by atoms with E-state index in [0.717, 1.165) is 30.4 Å². The first-order chi connectivity index (χ1) is 11.2. The standard InChI is InChI=1S/C17H21N3O2S/c1-3-22-16-19-18-15(23-16)10-20-9-12-4-5-13(21-2)8-14(12)17(11-20)6-7-17/h4-5,8H,3,6-7,9-11H2,1-2H3. The first kappa shape index (κ1) is 14.9. The number of hydrogen-bond donors (Lipinski definition) is 0. The Morgan fingerprint density at radius 2 is 2.17 bits per heavy atom. The van der Waals surface area contributed by atoms with Gasteiger partial charge < -0.3 is 9.47 Å². The maximum atomic E-state index is 5.42. The molecule has 122 valence electrons. The molecule has 0 bridgehead atoms. The second kappa shape index (κ2) is 5.76. The van der Waals surface area contributed by atoms with Crippen molar-refractivity contribution in [3.8, 4) is 10.9 Å². The Hall–Kier alpha value is -1.66. The van der Waals surface area contributed by atoms with Gasteiger partial charge in [-0.25, -0.2) is 0 Å². The summed E-state index contributed by atoms with van der Waals surface area (Å²) < 4.78 is 10.8. The summed E-state index contributed by atoms with van der Waals surface area (Å²) in [5.41, 5.74) is 3.24. The van der Waals surface area contributed by atoms with Crippen LogP contribution in [0.25, 0.3) is 0 Å². The van der Waals surface area contributed by atoms with Crippen molar-refractivity contribution in [2.24, 2.45) is 0 Å². The number of aromatic nitrogens is 2. The van der Waals surface area contributed by atoms with Gasteiger partial charge in [-0.05, 0) is 43.0 Å². The average molecular weight is 331 g/mol. The van der Waals surface area contributed by atoms with Crippen LogP contribution in [0.15, 0.2) is 18.2 Å². The Bertz CT molecular complexity index is 712. The lowest BCUT2D eigenvalue weighted by Gasteiger charge is -2.34. The van der Waals surface area contributed by atoms with Crippen LogP contribution in [0.4, 0.5) is 0 Å². The van der Waals surface area contributed by atoms with Crippen LogP contribution in [0.3, 0.4) is 0 Å². The fourth-order valence-corrected chi connectivity index (χ4v) is 4.28. The average Bonchev–Trinajstić information content (AvgIpc) is 3.18. The second-order valence-corrected chi connectivity index (χ2v) is 7.37. The van der Waals surface area contributed by atoms with Gasteiger partial charge >= 0.3 is 0 Å². The van der Waals surface area contributed by atoms with Crippen molar-refractivity contribution in [2.45, 2.75) is 38.3 Å². The van der Waals surface area contributed by atoms with E-state index in [1.54, 1.807) is 18.4 Å². The zero-order valence-electron chi connectivity index (χ0n) is 13.5. The molecule has 1 fully saturated rings. The molecule has 0 amide bonds. The number of benzene rings is 1. The minimum atomic E-state index is 0.329. The van der Waals surface area contributed by atoms with Crippen LogP contribution in [0.2, 0.25) is 0 Å². The van der Waals surface area contributed by atoms with E-state index in [0.29, 0.717) is 17.2 Å². The summed E-state index contributed by atoms with van der Waals surface area (Å²) in [5, 5.41) is 10.1. The lowest BCUT2D eigenvalue weighted by Crippen LogP contribution is -2.37. The van der Waals surface area contributed by atoms with Gasteiger partial charge in [-0.1, -0.05) is 17.4 Å². The summed E-state index contributed by atoms with van der Waals surface area (Å²) in [6.07, 6.45) is 2.54. The minimum absolute atomic E-state index is 0.329. The van der Waals surface area contributed by atoms with E-state index in [-0.39, 0.29) is 0 Å². The zero-order valence-corrected chi connectivity index (χ0v) is 14.4. The highest BCUT2D eigenvalue weighted by atomic mass is 32.1. The van der Waals surface area contributed by atoms with Crippen LogP contribution in [0, 0.1) is 0 Å². The topological polar surface area (TPSA) is 47.5 Å². The van der Waals surface area contributed by atoms with E-state index in [4.69, 9.17) is 9.47 Å². The molecular formula is C17H21N3O2S. The van der Waals surface area contributed by atoms with E-state index in [2.05, 4.69) is 33.3 Å². The fourth-order valence-electron chi connectivity index (χ4n) is 3.49. The van der Waals surface area contributed by atoms with E-state index >= 15 is 0 Å². The van der Waals surface area contributed by atoms with Gasteiger partial charge in [0.25, 0.3) is 5.19 Å². The number of ether oxygens (including phenoxy) is 2. The first-order valence-corrected chi connectivity index (χ1v) is 8.89. The predicted molar refractivity (Wildman–Crippen MR) is 89.1 cm³/mol. The number of rotatable bonds is 5. The van der Waals surface area contributed by atoms with Gasteiger partial charge in [-0.2, -0.15) is 0 Å². The summed E-state index contributed by atoms with van der Waals surface area (Å²) in [5.74, 6) is 0.967. The van der Waals surface area contributed by atoms with Crippen molar-refractivity contribution in [2.75, 3.05) is 20.3 Å². The predicted octanol–water partition coefficient (Wildman–Crippen LogP) is 2.99. The van der Waals surface area contributed by atoms with E-state index in [1.807, 2.05) is 6.92 Å². The van der Waals surface area contributed by atoms with Gasteiger partial charge in [0.15, 0.2) is 0 Å². The van der Waals surface area contributed by atoms with Crippen LogP contribution < -0.4 is 9.47 Å². The summed E-state index contributed by atoms with van der Waals surface area (Å²) >= 11 is 1.55. The van der Waals surface area contributed by atoms with Crippen LogP contribution in [-0.4, -0.2) is 35.4 Å². The Morgan fingerprint density at radius 3 is 2.91 bits per heavy atom. The molecule has 0 saturated heterocycles. The van der Waals surface area contributed by atoms with Crippen molar-refractivity contribution < 1.29 is 9.47 Å². The van der Waals surface area contributed by atoms with Crippen molar-refractivity contribution in [3.05, 3.63) is 34.3 Å². The molecule has 6 heteroatoms. The molecule has 1 spiro atoms. The zero-order chi connectivity index (χ0) is 15.9. The van der Waals surface area contributed by atoms with Crippen LogP contribution >= 0.6 is 11.3 Å². The molecule has 1 saturated carbocycles. The summed E-state index contributed by atoms with van der Waals surface area (Å²) in [4.78, 5) is 2.48. The van der Waals surface area contributed by atoms with Gasteiger partial charge in [0, 0.05) is 18.5 Å². The number of fused-ring (bicyclic) bond motifs is 2. The Morgan fingerprint density at radius 1 is 1.30 bits per heavy atom. The normalized spacial score (nSPS) is 18.7. The van der Waals surface area contributed by atoms with Gasteiger partial charge in [0.1, 0.15) is 10.8 Å². The van der Waals surface area contributed by atoms with Crippen LogP contribution in [-0.2, 0) is 18.5 Å². The van der Waals surface area contributed by atoms with Crippen molar-refractivity contribution in [1.29, 1.82) is 0 Å².